The average Bonchev–Trinajstić information content (AvgIpc) is 3.47. The Balaban J connectivity index is 1.41. The van der Waals surface area contributed by atoms with Gasteiger partial charge in [-0.3, -0.25) is 10.1 Å². The number of halogens is 2. The number of piperidine rings is 1. The molecule has 2 aliphatic heterocycles. The van der Waals surface area contributed by atoms with Crippen molar-refractivity contribution in [1.29, 1.82) is 5.26 Å². The van der Waals surface area contributed by atoms with Gasteiger partial charge in [-0.1, -0.05) is 17.7 Å². The van der Waals surface area contributed by atoms with Crippen molar-refractivity contribution in [2.45, 2.75) is 71.3 Å². The number of carbonyl (C=O) groups excluding carboxylic acids is 2. The summed E-state index contributed by atoms with van der Waals surface area (Å²) in [5.74, 6) is -0.173. The first-order chi connectivity index (χ1) is 24.7. The molecule has 1 aliphatic carbocycles. The van der Waals surface area contributed by atoms with Gasteiger partial charge in [-0.15, -0.1) is 11.3 Å². The Bertz CT molecular complexity index is 2160. The number of anilines is 2. The number of hydrogen-bond acceptors (Lipinski definition) is 11. The summed E-state index contributed by atoms with van der Waals surface area (Å²) in [5, 5.41) is 17.8. The quantitative estimate of drug-likeness (QED) is 0.179. The SMILES string of the molecule is CN(C)CC1(COc2nc(N[C@@H]3CCCN(C)C3=O)c3c4c(c(-c5ccc(F)c6sc(NC(=O)OC(C)(C)C)c(C#N)c56)c(Cl)c3n2)COC4)CC1. The largest absolute Gasteiger partial charge is 0.463 e. The minimum Gasteiger partial charge on any atom is -0.463 e. The Kier molecular flexibility index (Phi) is 9.44. The van der Waals surface area contributed by atoms with Crippen molar-refractivity contribution in [3.8, 4) is 23.2 Å². The first-order valence-corrected chi connectivity index (χ1v) is 18.5. The van der Waals surface area contributed by atoms with E-state index >= 15 is 4.39 Å². The molecule has 2 amide bonds. The number of amides is 2. The number of ether oxygens (including phenoxy) is 3. The van der Waals surface area contributed by atoms with Gasteiger partial charge in [-0.2, -0.15) is 15.2 Å². The lowest BCUT2D eigenvalue weighted by Gasteiger charge is -2.30. The van der Waals surface area contributed by atoms with Crippen LogP contribution in [0.25, 0.3) is 32.1 Å². The molecule has 2 aromatic carbocycles. The Hall–Kier alpha value is -4.29. The third kappa shape index (κ3) is 6.82. The first kappa shape index (κ1) is 36.1. The molecule has 4 heterocycles. The van der Waals surface area contributed by atoms with E-state index in [1.54, 1.807) is 38.8 Å². The number of thiophene rings is 1. The molecule has 2 fully saturated rings. The van der Waals surface area contributed by atoms with Crippen molar-refractivity contribution in [3.63, 3.8) is 0 Å². The highest BCUT2D eigenvalue weighted by Gasteiger charge is 2.44. The molecule has 2 aromatic heterocycles. The zero-order valence-electron chi connectivity index (χ0n) is 30.0. The summed E-state index contributed by atoms with van der Waals surface area (Å²) < 4.78 is 33.5. The summed E-state index contributed by atoms with van der Waals surface area (Å²) in [6, 6.07) is 4.68. The smallest absolute Gasteiger partial charge is 0.412 e. The second-order valence-corrected chi connectivity index (χ2v) is 16.6. The lowest BCUT2D eigenvalue weighted by Crippen LogP contribution is -2.45. The molecule has 0 unspecified atom stereocenters. The summed E-state index contributed by atoms with van der Waals surface area (Å²) in [6.07, 6.45) is 2.74. The van der Waals surface area contributed by atoms with E-state index in [0.29, 0.717) is 52.8 Å². The molecule has 2 N–H and O–H groups in total. The van der Waals surface area contributed by atoms with Crippen LogP contribution in [0.2, 0.25) is 5.02 Å². The number of hydrogen-bond donors (Lipinski definition) is 2. The van der Waals surface area contributed by atoms with Gasteiger partial charge in [0.15, 0.2) is 0 Å². The molecule has 7 rings (SSSR count). The Labute approximate surface area is 310 Å². The highest BCUT2D eigenvalue weighted by molar-refractivity contribution is 7.23. The number of nitrogens with one attached hydrogen (secondary N) is 2. The van der Waals surface area contributed by atoms with E-state index in [1.807, 2.05) is 14.1 Å². The van der Waals surface area contributed by atoms with Gasteiger partial charge in [-0.25, -0.2) is 9.18 Å². The minimum atomic E-state index is -0.785. The van der Waals surface area contributed by atoms with Crippen LogP contribution in [0.15, 0.2) is 12.1 Å². The summed E-state index contributed by atoms with van der Waals surface area (Å²) >= 11 is 8.34. The van der Waals surface area contributed by atoms with Gasteiger partial charge in [0, 0.05) is 36.5 Å². The lowest BCUT2D eigenvalue weighted by molar-refractivity contribution is -0.132. The number of carbonyl (C=O) groups is 2. The fraction of sp³-hybridized carbons (Fsp3) is 0.486. The van der Waals surface area contributed by atoms with E-state index in [9.17, 15) is 14.9 Å². The fourth-order valence-corrected chi connectivity index (χ4v) is 8.60. The second kappa shape index (κ2) is 13.6. The van der Waals surface area contributed by atoms with E-state index in [1.165, 1.54) is 6.07 Å². The lowest BCUT2D eigenvalue weighted by atomic mass is 9.91. The second-order valence-electron chi connectivity index (χ2n) is 15.2. The number of fused-ring (bicyclic) bond motifs is 4. The van der Waals surface area contributed by atoms with Crippen molar-refractivity contribution < 1.29 is 28.2 Å². The van der Waals surface area contributed by atoms with Gasteiger partial charge < -0.3 is 29.3 Å². The predicted octanol–water partition coefficient (Wildman–Crippen LogP) is 7.31. The molecule has 52 heavy (non-hydrogen) atoms. The monoisotopic (exact) mass is 749 g/mol. The summed E-state index contributed by atoms with van der Waals surface area (Å²) in [5.41, 5.74) is 2.18. The maximum absolute atomic E-state index is 15.5. The zero-order valence-corrected chi connectivity index (χ0v) is 31.6. The standard InChI is InChI=1S/C37H41ClFN7O5S/c1-36(2,3)51-35(48)44-32-20(14-40)26-19(9-10-23(39)30(26)52-32)25-21-15-49-16-22(21)27-29(28(25)38)42-34(50-18-37(11-12-37)17-45(4)5)43-31(27)41-24-8-7-13-46(6)33(24)47/h9-10,24H,7-8,11-13,15-18H2,1-6H3,(H,44,48)(H,41,42,43)/t24-/m1/s1. The molecule has 0 spiro atoms. The van der Waals surface area contributed by atoms with Gasteiger partial charge >= 0.3 is 12.1 Å². The molecule has 3 aliphatic rings. The third-order valence-electron chi connectivity index (χ3n) is 9.65. The Morgan fingerprint density at radius 3 is 2.67 bits per heavy atom. The number of likely N-dealkylation sites (N-methyl/N-ethyl adjacent to an activating group) is 1. The zero-order chi connectivity index (χ0) is 37.1. The van der Waals surface area contributed by atoms with Crippen LogP contribution in [0, 0.1) is 22.6 Å². The van der Waals surface area contributed by atoms with Crippen LogP contribution in [0.4, 0.5) is 20.0 Å². The summed E-state index contributed by atoms with van der Waals surface area (Å²) in [6.45, 7) is 7.52. The topological polar surface area (TPSA) is 142 Å². The number of likely N-dealkylation sites (tertiary alicyclic amines) is 1. The number of aromatic nitrogens is 2. The number of benzene rings is 2. The van der Waals surface area contributed by atoms with Gasteiger partial charge in [0.2, 0.25) is 5.91 Å². The number of rotatable bonds is 9. The highest BCUT2D eigenvalue weighted by Crippen LogP contribution is 2.50. The van der Waals surface area contributed by atoms with E-state index in [-0.39, 0.29) is 50.8 Å². The van der Waals surface area contributed by atoms with E-state index < -0.39 is 23.6 Å². The maximum Gasteiger partial charge on any atom is 0.412 e. The van der Waals surface area contributed by atoms with Crippen LogP contribution >= 0.6 is 22.9 Å². The molecule has 1 saturated heterocycles. The molecular weight excluding hydrogens is 709 g/mol. The van der Waals surface area contributed by atoms with Crippen molar-refractivity contribution in [1.82, 2.24) is 19.8 Å². The molecule has 15 heteroatoms. The van der Waals surface area contributed by atoms with E-state index in [0.717, 1.165) is 48.3 Å². The number of nitriles is 1. The van der Waals surface area contributed by atoms with Gasteiger partial charge in [0.05, 0.1) is 46.0 Å². The van der Waals surface area contributed by atoms with Gasteiger partial charge in [-0.05, 0) is 83.3 Å². The molecule has 0 radical (unpaired) electrons. The summed E-state index contributed by atoms with van der Waals surface area (Å²) in [4.78, 5) is 39.6. The third-order valence-corrected chi connectivity index (χ3v) is 11.1. The minimum absolute atomic E-state index is 0.00437. The Morgan fingerprint density at radius 1 is 1.23 bits per heavy atom. The maximum atomic E-state index is 15.5. The molecular formula is C37H41ClFN7O5S. The summed E-state index contributed by atoms with van der Waals surface area (Å²) in [7, 11) is 5.85. The van der Waals surface area contributed by atoms with Crippen LogP contribution in [-0.4, -0.2) is 84.3 Å². The van der Waals surface area contributed by atoms with Crippen LogP contribution in [0.3, 0.4) is 0 Å². The van der Waals surface area contributed by atoms with Crippen LogP contribution < -0.4 is 15.4 Å². The fourth-order valence-electron chi connectivity index (χ4n) is 7.18. The molecule has 4 aromatic rings. The predicted molar refractivity (Wildman–Crippen MR) is 198 cm³/mol. The van der Waals surface area contributed by atoms with Gasteiger partial charge in [0.25, 0.3) is 0 Å². The average molecular weight is 750 g/mol. The van der Waals surface area contributed by atoms with Gasteiger partial charge in [0.1, 0.15) is 34.3 Å². The number of nitrogens with zero attached hydrogens (tertiary/aromatic N) is 5. The highest BCUT2D eigenvalue weighted by atomic mass is 35.5. The van der Waals surface area contributed by atoms with Crippen LogP contribution in [0.5, 0.6) is 6.01 Å². The van der Waals surface area contributed by atoms with Crippen molar-refractivity contribution in [2.75, 3.05) is 51.5 Å². The molecule has 12 nitrogen and oxygen atoms in total. The molecule has 1 saturated carbocycles. The van der Waals surface area contributed by atoms with E-state index in [4.69, 9.17) is 35.8 Å². The molecule has 1 atom stereocenters. The molecule has 274 valence electrons. The van der Waals surface area contributed by atoms with Crippen LogP contribution in [-0.2, 0) is 27.5 Å². The van der Waals surface area contributed by atoms with Crippen LogP contribution in [0.1, 0.15) is 63.1 Å². The molecule has 0 bridgehead atoms. The first-order valence-electron chi connectivity index (χ1n) is 17.3. The Morgan fingerprint density at radius 2 is 1.98 bits per heavy atom. The van der Waals surface area contributed by atoms with E-state index in [2.05, 4.69) is 21.6 Å². The van der Waals surface area contributed by atoms with Crippen molar-refractivity contribution in [3.05, 3.63) is 39.7 Å². The van der Waals surface area contributed by atoms with Crippen molar-refractivity contribution in [2.24, 2.45) is 5.41 Å². The normalized spacial score (nSPS) is 18.1. The van der Waals surface area contributed by atoms with Crippen molar-refractivity contribution >= 4 is 66.7 Å².